The Morgan fingerprint density at radius 2 is 1.82 bits per heavy atom. The van der Waals surface area contributed by atoms with Crippen LogP contribution >= 0.6 is 11.6 Å². The van der Waals surface area contributed by atoms with Gasteiger partial charge in [-0.2, -0.15) is 0 Å². The van der Waals surface area contributed by atoms with Crippen molar-refractivity contribution in [3.8, 4) is 17.2 Å². The highest BCUT2D eigenvalue weighted by Crippen LogP contribution is 2.31. The van der Waals surface area contributed by atoms with Crippen molar-refractivity contribution in [2.24, 2.45) is 0 Å². The Bertz CT molecular complexity index is 1220. The van der Waals surface area contributed by atoms with E-state index in [1.165, 1.54) is 5.56 Å². The van der Waals surface area contributed by atoms with Crippen molar-refractivity contribution < 1.29 is 14.2 Å². The average Bonchev–Trinajstić information content (AvgIpc) is 2.87. The fourth-order valence-electron chi connectivity index (χ4n) is 4.80. The zero-order valence-electron chi connectivity index (χ0n) is 19.4. The minimum Gasteiger partial charge on any atom is -0.495 e. The van der Waals surface area contributed by atoms with E-state index in [4.69, 9.17) is 25.8 Å². The van der Waals surface area contributed by atoms with Gasteiger partial charge in [-0.15, -0.1) is 0 Å². The number of nitrogens with one attached hydrogen (secondary N) is 1. The number of aromatic nitrogens is 1. The number of methoxy groups -OCH3 is 1. The molecule has 0 aliphatic carbocycles. The van der Waals surface area contributed by atoms with Crippen LogP contribution in [0.15, 0.2) is 47.3 Å². The van der Waals surface area contributed by atoms with Gasteiger partial charge in [-0.1, -0.05) is 17.7 Å². The van der Waals surface area contributed by atoms with Crippen LogP contribution in [-0.2, 0) is 13.1 Å². The third-order valence-corrected chi connectivity index (χ3v) is 7.03. The lowest BCUT2D eigenvalue weighted by molar-refractivity contribution is 0.171. The molecule has 34 heavy (non-hydrogen) atoms. The maximum absolute atomic E-state index is 12.7. The van der Waals surface area contributed by atoms with E-state index in [1.54, 1.807) is 29.9 Å². The molecule has 0 amide bonds. The van der Waals surface area contributed by atoms with Crippen LogP contribution in [0.5, 0.6) is 17.2 Å². The largest absolute Gasteiger partial charge is 0.495 e. The van der Waals surface area contributed by atoms with Gasteiger partial charge in [0.2, 0.25) is 0 Å². The van der Waals surface area contributed by atoms with Crippen molar-refractivity contribution in [3.05, 3.63) is 63.4 Å². The van der Waals surface area contributed by atoms with E-state index in [9.17, 15) is 4.79 Å². The van der Waals surface area contributed by atoms with E-state index in [0.717, 1.165) is 61.4 Å². The molecule has 0 saturated carbocycles. The standard InChI is InChI=1S/C26H30ClN3O4/c1-32-23-6-4-21(27)20-3-7-25(31)30(26(20)23)13-12-29-10-8-19(9-11-29)28-17-18-2-5-22-24(16-18)34-15-14-33-22/h2-7,16,19,28H,8-15,17H2,1H3. The van der Waals surface area contributed by atoms with E-state index < -0.39 is 0 Å². The molecular weight excluding hydrogens is 454 g/mol. The molecule has 1 saturated heterocycles. The van der Waals surface area contributed by atoms with Crippen LogP contribution in [0.3, 0.4) is 0 Å². The molecular formula is C26H30ClN3O4. The van der Waals surface area contributed by atoms with Gasteiger partial charge in [-0.3, -0.25) is 4.79 Å². The van der Waals surface area contributed by atoms with Crippen LogP contribution in [0.25, 0.3) is 10.9 Å². The number of rotatable bonds is 7. The third-order valence-electron chi connectivity index (χ3n) is 6.70. The van der Waals surface area contributed by atoms with Gasteiger partial charge in [-0.25, -0.2) is 0 Å². The topological polar surface area (TPSA) is 65.0 Å². The van der Waals surface area contributed by atoms with Crippen molar-refractivity contribution in [2.75, 3.05) is 40.0 Å². The zero-order valence-corrected chi connectivity index (χ0v) is 20.1. The number of ether oxygens (including phenoxy) is 3. The van der Waals surface area contributed by atoms with Gasteiger partial charge < -0.3 is 29.0 Å². The van der Waals surface area contributed by atoms with Gasteiger partial charge >= 0.3 is 0 Å². The van der Waals surface area contributed by atoms with Crippen LogP contribution in [0, 0.1) is 0 Å². The number of nitrogens with zero attached hydrogens (tertiary/aromatic N) is 2. The Labute approximate surface area is 204 Å². The minimum absolute atomic E-state index is 0.0379. The Balaban J connectivity index is 1.16. The first-order chi connectivity index (χ1) is 16.6. The summed E-state index contributed by atoms with van der Waals surface area (Å²) in [7, 11) is 1.62. The van der Waals surface area contributed by atoms with E-state index in [1.807, 2.05) is 12.1 Å². The number of halogens is 1. The van der Waals surface area contributed by atoms with Crippen molar-refractivity contribution in [1.29, 1.82) is 0 Å². The number of fused-ring (bicyclic) bond motifs is 2. The number of benzene rings is 2. The predicted molar refractivity (Wildman–Crippen MR) is 134 cm³/mol. The van der Waals surface area contributed by atoms with Gasteiger partial charge in [0.15, 0.2) is 11.5 Å². The summed E-state index contributed by atoms with van der Waals surface area (Å²) in [5.74, 6) is 2.33. The molecule has 0 unspecified atom stereocenters. The molecule has 2 aliphatic heterocycles. The zero-order chi connectivity index (χ0) is 23.5. The summed E-state index contributed by atoms with van der Waals surface area (Å²) in [6.45, 7) is 5.43. The molecule has 0 atom stereocenters. The summed E-state index contributed by atoms with van der Waals surface area (Å²) in [4.78, 5) is 15.1. The molecule has 0 spiro atoms. The summed E-state index contributed by atoms with van der Waals surface area (Å²) >= 11 is 6.38. The van der Waals surface area contributed by atoms with Gasteiger partial charge in [0.1, 0.15) is 19.0 Å². The van der Waals surface area contributed by atoms with Crippen molar-refractivity contribution >= 4 is 22.5 Å². The second kappa shape index (κ2) is 10.3. The first kappa shape index (κ1) is 23.0. The number of hydrogen-bond acceptors (Lipinski definition) is 6. The first-order valence-corrected chi connectivity index (χ1v) is 12.2. The molecule has 1 fully saturated rings. The molecule has 8 heteroatoms. The van der Waals surface area contributed by atoms with Gasteiger partial charge in [0, 0.05) is 37.1 Å². The van der Waals surface area contributed by atoms with Gasteiger partial charge in [0.05, 0.1) is 17.6 Å². The maximum atomic E-state index is 12.7. The van der Waals surface area contributed by atoms with Crippen molar-refractivity contribution in [3.63, 3.8) is 0 Å². The molecule has 3 aromatic rings. The normalized spacial score (nSPS) is 16.6. The SMILES string of the molecule is COc1ccc(Cl)c2ccc(=O)n(CCN3CCC(NCc4ccc5c(c4)OCCO5)CC3)c12. The monoisotopic (exact) mass is 483 g/mol. The van der Waals surface area contributed by atoms with Gasteiger partial charge in [0.25, 0.3) is 5.56 Å². The molecule has 0 bridgehead atoms. The quantitative estimate of drug-likeness (QED) is 0.553. The smallest absolute Gasteiger partial charge is 0.251 e. The molecule has 2 aromatic carbocycles. The lowest BCUT2D eigenvalue weighted by Crippen LogP contribution is -2.43. The van der Waals surface area contributed by atoms with E-state index in [0.29, 0.717) is 36.6 Å². The highest BCUT2D eigenvalue weighted by Gasteiger charge is 2.20. The summed E-state index contributed by atoms with van der Waals surface area (Å²) in [5, 5.41) is 5.14. The Hall–Kier alpha value is -2.74. The summed E-state index contributed by atoms with van der Waals surface area (Å²) in [5.41, 5.74) is 1.93. The number of piperidine rings is 1. The lowest BCUT2D eigenvalue weighted by atomic mass is 10.0. The molecule has 7 nitrogen and oxygen atoms in total. The van der Waals surface area contributed by atoms with Crippen LogP contribution in [0.2, 0.25) is 5.02 Å². The van der Waals surface area contributed by atoms with E-state index >= 15 is 0 Å². The van der Waals surface area contributed by atoms with Crippen LogP contribution in [0.4, 0.5) is 0 Å². The van der Waals surface area contributed by atoms with E-state index in [2.05, 4.69) is 22.3 Å². The minimum atomic E-state index is -0.0379. The van der Waals surface area contributed by atoms with Crippen LogP contribution in [-0.4, -0.2) is 55.5 Å². The third kappa shape index (κ3) is 4.87. The maximum Gasteiger partial charge on any atom is 0.251 e. The van der Waals surface area contributed by atoms with Crippen LogP contribution < -0.4 is 25.1 Å². The number of likely N-dealkylation sites (tertiary alicyclic amines) is 1. The van der Waals surface area contributed by atoms with E-state index in [-0.39, 0.29) is 5.56 Å². The summed E-state index contributed by atoms with van der Waals surface area (Å²) in [6.07, 6.45) is 2.15. The molecule has 180 valence electrons. The fraction of sp³-hybridized carbons (Fsp3) is 0.423. The van der Waals surface area contributed by atoms with Crippen molar-refractivity contribution in [1.82, 2.24) is 14.8 Å². The Morgan fingerprint density at radius 1 is 1.03 bits per heavy atom. The molecule has 0 radical (unpaired) electrons. The highest BCUT2D eigenvalue weighted by atomic mass is 35.5. The summed E-state index contributed by atoms with van der Waals surface area (Å²) in [6, 6.07) is 13.6. The second-order valence-corrected chi connectivity index (χ2v) is 9.22. The Kier molecular flexibility index (Phi) is 6.94. The predicted octanol–water partition coefficient (Wildman–Crippen LogP) is 3.69. The van der Waals surface area contributed by atoms with Gasteiger partial charge in [-0.05, 0) is 61.8 Å². The van der Waals surface area contributed by atoms with Crippen LogP contribution in [0.1, 0.15) is 18.4 Å². The highest BCUT2D eigenvalue weighted by molar-refractivity contribution is 6.35. The number of hydrogen-bond donors (Lipinski definition) is 1. The molecule has 3 heterocycles. The summed E-state index contributed by atoms with van der Waals surface area (Å²) < 4.78 is 18.6. The fourth-order valence-corrected chi connectivity index (χ4v) is 5.02. The molecule has 1 N–H and O–H groups in total. The lowest BCUT2D eigenvalue weighted by Gasteiger charge is -2.32. The second-order valence-electron chi connectivity index (χ2n) is 8.81. The Morgan fingerprint density at radius 3 is 2.62 bits per heavy atom. The van der Waals surface area contributed by atoms with Crippen molar-refractivity contribution in [2.45, 2.75) is 32.0 Å². The number of pyridine rings is 1. The first-order valence-electron chi connectivity index (χ1n) is 11.8. The molecule has 1 aromatic heterocycles. The average molecular weight is 484 g/mol. The molecule has 5 rings (SSSR count). The molecule has 2 aliphatic rings.